The minimum Gasteiger partial charge on any atom is -0.494 e. The van der Waals surface area contributed by atoms with Crippen molar-refractivity contribution in [3.8, 4) is 5.75 Å². The van der Waals surface area contributed by atoms with E-state index in [-0.39, 0.29) is 10.8 Å². The van der Waals surface area contributed by atoms with Crippen LogP contribution in [-0.2, 0) is 15.7 Å². The van der Waals surface area contributed by atoms with E-state index in [0.29, 0.717) is 13.2 Å². The molecule has 0 aliphatic carbocycles. The van der Waals surface area contributed by atoms with Crippen molar-refractivity contribution in [3.05, 3.63) is 29.8 Å². The third kappa shape index (κ3) is 5.23. The summed E-state index contributed by atoms with van der Waals surface area (Å²) in [6.07, 6.45) is 0. The van der Waals surface area contributed by atoms with Crippen LogP contribution < -0.4 is 9.46 Å². The third-order valence-corrected chi connectivity index (χ3v) is 4.34. The molecule has 0 radical (unpaired) electrons. The van der Waals surface area contributed by atoms with Crippen molar-refractivity contribution in [2.45, 2.75) is 38.5 Å². The first-order valence-corrected chi connectivity index (χ1v) is 7.93. The van der Waals surface area contributed by atoms with Crippen LogP contribution in [0, 0.1) is 0 Å². The Morgan fingerprint density at radius 1 is 1.25 bits per heavy atom. The van der Waals surface area contributed by atoms with Gasteiger partial charge in [0, 0.05) is 7.11 Å². The molecule has 0 aliphatic rings. The minimum atomic E-state index is -1.14. The molecule has 1 rings (SSSR count). The van der Waals surface area contributed by atoms with Crippen LogP contribution in [-0.4, -0.2) is 29.3 Å². The Bertz CT molecular complexity index is 426. The summed E-state index contributed by atoms with van der Waals surface area (Å²) in [7, 11) is 0.503. The smallest absolute Gasteiger partial charge is 0.119 e. The van der Waals surface area contributed by atoms with Gasteiger partial charge in [-0.05, 0) is 45.4 Å². The normalized spacial score (nSPS) is 14.8. The van der Waals surface area contributed by atoms with Gasteiger partial charge >= 0.3 is 0 Å². The van der Waals surface area contributed by atoms with Crippen molar-refractivity contribution >= 4 is 11.0 Å². The van der Waals surface area contributed by atoms with Gasteiger partial charge in [-0.3, -0.25) is 0 Å². The van der Waals surface area contributed by atoms with E-state index in [1.807, 2.05) is 52.0 Å². The predicted octanol–water partition coefficient (Wildman–Crippen LogP) is 2.82. The maximum absolute atomic E-state index is 12.2. The molecule has 4 nitrogen and oxygen atoms in total. The van der Waals surface area contributed by atoms with Crippen LogP contribution >= 0.6 is 0 Å². The van der Waals surface area contributed by atoms with Crippen LogP contribution in [0.4, 0.5) is 0 Å². The number of ether oxygens (including phenoxy) is 2. The molecule has 0 saturated heterocycles. The molecule has 0 spiro atoms. The van der Waals surface area contributed by atoms with E-state index in [4.69, 9.17) is 9.47 Å². The van der Waals surface area contributed by atoms with Gasteiger partial charge in [-0.15, -0.1) is 0 Å². The first-order valence-electron chi connectivity index (χ1n) is 6.78. The van der Waals surface area contributed by atoms with Gasteiger partial charge in [-0.2, -0.15) is 0 Å². The first kappa shape index (κ1) is 17.1. The highest BCUT2D eigenvalue weighted by molar-refractivity contribution is 7.84. The zero-order valence-electron chi connectivity index (χ0n) is 12.9. The Hall–Kier alpha value is -0.910. The van der Waals surface area contributed by atoms with Crippen LogP contribution in [0.25, 0.3) is 0 Å². The van der Waals surface area contributed by atoms with Gasteiger partial charge in [0.2, 0.25) is 0 Å². The molecule has 2 atom stereocenters. The zero-order chi connectivity index (χ0) is 15.2. The van der Waals surface area contributed by atoms with Crippen molar-refractivity contribution in [1.29, 1.82) is 0 Å². The lowest BCUT2D eigenvalue weighted by Crippen LogP contribution is -2.37. The number of rotatable bonds is 7. The fraction of sp³-hybridized carbons (Fsp3) is 0.600. The lowest BCUT2D eigenvalue weighted by atomic mass is 10.1. The topological polar surface area (TPSA) is 47.6 Å². The summed E-state index contributed by atoms with van der Waals surface area (Å²) in [6.45, 7) is 8.90. The molecule has 2 unspecified atom stereocenters. The standard InChI is InChI=1S/C15H25NO3S/c1-6-19-13-9-7-12(8-10-13)14(11-18-5)16-20(17)15(2,3)4/h7-10,14,16H,6,11H2,1-5H3. The van der Waals surface area contributed by atoms with Gasteiger partial charge in [-0.25, -0.2) is 8.93 Å². The summed E-state index contributed by atoms with van der Waals surface area (Å²) in [6, 6.07) is 7.69. The lowest BCUT2D eigenvalue weighted by Gasteiger charge is -2.24. The van der Waals surface area contributed by atoms with Crippen molar-refractivity contribution in [2.24, 2.45) is 0 Å². The average molecular weight is 299 g/mol. The summed E-state index contributed by atoms with van der Waals surface area (Å²) in [5.41, 5.74) is 1.04. The quantitative estimate of drug-likeness (QED) is 0.842. The van der Waals surface area contributed by atoms with E-state index in [9.17, 15) is 4.21 Å². The summed E-state index contributed by atoms with van der Waals surface area (Å²) in [4.78, 5) is 0. The molecular formula is C15H25NO3S. The molecule has 5 heteroatoms. The van der Waals surface area contributed by atoms with Crippen LogP contribution in [0.5, 0.6) is 5.75 Å². The predicted molar refractivity (Wildman–Crippen MR) is 83.3 cm³/mol. The highest BCUT2D eigenvalue weighted by Gasteiger charge is 2.23. The molecule has 0 heterocycles. The largest absolute Gasteiger partial charge is 0.494 e. The summed E-state index contributed by atoms with van der Waals surface area (Å²) in [5, 5.41) is 0. The van der Waals surface area contributed by atoms with E-state index in [1.54, 1.807) is 7.11 Å². The van der Waals surface area contributed by atoms with Gasteiger partial charge in [0.15, 0.2) is 0 Å². The Labute approximate surface area is 124 Å². The first-order chi connectivity index (χ1) is 9.38. The highest BCUT2D eigenvalue weighted by Crippen LogP contribution is 2.20. The molecule has 114 valence electrons. The molecule has 0 bridgehead atoms. The molecule has 1 aromatic carbocycles. The second-order valence-electron chi connectivity index (χ2n) is 5.51. The summed E-state index contributed by atoms with van der Waals surface area (Å²) >= 11 is 0. The van der Waals surface area contributed by atoms with Crippen LogP contribution in [0.15, 0.2) is 24.3 Å². The molecule has 0 fully saturated rings. The van der Waals surface area contributed by atoms with Crippen LogP contribution in [0.3, 0.4) is 0 Å². The SMILES string of the molecule is CCOc1ccc(C(COC)NS(=O)C(C)(C)C)cc1. The van der Waals surface area contributed by atoms with Gasteiger partial charge < -0.3 is 9.47 Å². The zero-order valence-corrected chi connectivity index (χ0v) is 13.8. The van der Waals surface area contributed by atoms with Gasteiger partial charge in [0.05, 0.1) is 35.0 Å². The lowest BCUT2D eigenvalue weighted by molar-refractivity contribution is 0.176. The van der Waals surface area contributed by atoms with Crippen LogP contribution in [0.1, 0.15) is 39.3 Å². The minimum absolute atomic E-state index is 0.101. The van der Waals surface area contributed by atoms with E-state index in [2.05, 4.69) is 4.72 Å². The Balaban J connectivity index is 2.82. The molecule has 0 aromatic heterocycles. The highest BCUT2D eigenvalue weighted by atomic mass is 32.2. The molecule has 0 aliphatic heterocycles. The monoisotopic (exact) mass is 299 g/mol. The average Bonchev–Trinajstić information content (AvgIpc) is 2.38. The number of benzene rings is 1. The Morgan fingerprint density at radius 3 is 2.30 bits per heavy atom. The molecule has 1 aromatic rings. The molecule has 1 N–H and O–H groups in total. The van der Waals surface area contributed by atoms with E-state index < -0.39 is 11.0 Å². The summed E-state index contributed by atoms with van der Waals surface area (Å²) in [5.74, 6) is 0.837. The second kappa shape index (κ2) is 7.76. The molecule has 20 heavy (non-hydrogen) atoms. The number of hydrogen-bond acceptors (Lipinski definition) is 3. The Kier molecular flexibility index (Phi) is 6.65. The summed E-state index contributed by atoms with van der Waals surface area (Å²) < 4.78 is 25.7. The third-order valence-electron chi connectivity index (χ3n) is 2.73. The van der Waals surface area contributed by atoms with Gasteiger partial charge in [0.1, 0.15) is 5.75 Å². The second-order valence-corrected chi connectivity index (χ2v) is 7.51. The van der Waals surface area contributed by atoms with Crippen molar-refractivity contribution in [3.63, 3.8) is 0 Å². The van der Waals surface area contributed by atoms with Crippen molar-refractivity contribution < 1.29 is 13.7 Å². The van der Waals surface area contributed by atoms with Gasteiger partial charge in [-0.1, -0.05) is 12.1 Å². The van der Waals surface area contributed by atoms with E-state index in [1.165, 1.54) is 0 Å². The van der Waals surface area contributed by atoms with Crippen molar-refractivity contribution in [1.82, 2.24) is 4.72 Å². The van der Waals surface area contributed by atoms with Crippen LogP contribution in [0.2, 0.25) is 0 Å². The molecule has 0 saturated carbocycles. The van der Waals surface area contributed by atoms with E-state index in [0.717, 1.165) is 11.3 Å². The maximum atomic E-state index is 12.2. The Morgan fingerprint density at radius 2 is 1.85 bits per heavy atom. The maximum Gasteiger partial charge on any atom is 0.119 e. The number of hydrogen-bond donors (Lipinski definition) is 1. The fourth-order valence-electron chi connectivity index (χ4n) is 1.63. The van der Waals surface area contributed by atoms with Gasteiger partial charge in [0.25, 0.3) is 0 Å². The fourth-order valence-corrected chi connectivity index (χ4v) is 2.45. The molecule has 0 amide bonds. The number of nitrogens with one attached hydrogen (secondary N) is 1. The number of methoxy groups -OCH3 is 1. The van der Waals surface area contributed by atoms with Crippen molar-refractivity contribution in [2.75, 3.05) is 20.3 Å². The molecular weight excluding hydrogens is 274 g/mol. The van der Waals surface area contributed by atoms with E-state index >= 15 is 0 Å².